The summed E-state index contributed by atoms with van der Waals surface area (Å²) in [4.78, 5) is 1.97. The first kappa shape index (κ1) is 14.6. The molecule has 1 fully saturated rings. The Labute approximate surface area is 106 Å². The monoisotopic (exact) mass is 281 g/mol. The molecule has 1 saturated heterocycles. The van der Waals surface area contributed by atoms with Crippen LogP contribution in [0.5, 0.6) is 0 Å². The SMILES string of the molecule is CS(=O)(=O)C1CSCCN1CCC/C(N)=N/O. The van der Waals surface area contributed by atoms with Crippen LogP contribution in [0.2, 0.25) is 0 Å². The maximum absolute atomic E-state index is 11.6. The molecule has 0 bridgehead atoms. The number of thioether (sulfide) groups is 1. The van der Waals surface area contributed by atoms with E-state index in [2.05, 4.69) is 5.16 Å². The molecule has 100 valence electrons. The Morgan fingerprint density at radius 3 is 2.94 bits per heavy atom. The van der Waals surface area contributed by atoms with Crippen molar-refractivity contribution in [1.29, 1.82) is 0 Å². The molecule has 1 rings (SSSR count). The fraction of sp³-hybridized carbons (Fsp3) is 0.889. The van der Waals surface area contributed by atoms with E-state index in [4.69, 9.17) is 10.9 Å². The summed E-state index contributed by atoms with van der Waals surface area (Å²) in [5.74, 6) is 1.77. The van der Waals surface area contributed by atoms with E-state index in [1.165, 1.54) is 6.26 Å². The second-order valence-corrected chi connectivity index (χ2v) is 7.44. The number of rotatable bonds is 5. The van der Waals surface area contributed by atoms with Crippen LogP contribution in [-0.4, -0.2) is 60.6 Å². The number of oxime groups is 1. The second-order valence-electron chi connectivity index (χ2n) is 4.09. The van der Waals surface area contributed by atoms with Gasteiger partial charge in [-0.3, -0.25) is 4.90 Å². The molecule has 17 heavy (non-hydrogen) atoms. The largest absolute Gasteiger partial charge is 0.409 e. The van der Waals surface area contributed by atoms with Crippen LogP contribution in [0.15, 0.2) is 5.16 Å². The molecule has 0 radical (unpaired) electrons. The molecule has 3 N–H and O–H groups in total. The van der Waals surface area contributed by atoms with Crippen LogP contribution in [0.25, 0.3) is 0 Å². The fourth-order valence-corrected chi connectivity index (χ4v) is 4.75. The molecular formula is C9H19N3O3S2. The highest BCUT2D eigenvalue weighted by Gasteiger charge is 2.30. The van der Waals surface area contributed by atoms with Crippen LogP contribution in [0.1, 0.15) is 12.8 Å². The molecule has 1 aliphatic heterocycles. The zero-order valence-corrected chi connectivity index (χ0v) is 11.5. The molecule has 0 saturated carbocycles. The van der Waals surface area contributed by atoms with Gasteiger partial charge in [-0.15, -0.1) is 0 Å². The van der Waals surface area contributed by atoms with E-state index in [0.29, 0.717) is 25.1 Å². The van der Waals surface area contributed by atoms with Crippen molar-refractivity contribution in [1.82, 2.24) is 4.90 Å². The Balaban J connectivity index is 2.49. The van der Waals surface area contributed by atoms with E-state index in [-0.39, 0.29) is 5.84 Å². The first-order valence-electron chi connectivity index (χ1n) is 5.42. The third-order valence-corrected chi connectivity index (χ3v) is 5.38. The van der Waals surface area contributed by atoms with Gasteiger partial charge in [0, 0.05) is 30.7 Å². The lowest BCUT2D eigenvalue weighted by atomic mass is 10.2. The third kappa shape index (κ3) is 4.72. The topological polar surface area (TPSA) is 96.0 Å². The summed E-state index contributed by atoms with van der Waals surface area (Å²) >= 11 is 1.67. The highest BCUT2D eigenvalue weighted by molar-refractivity contribution is 8.00. The molecule has 6 nitrogen and oxygen atoms in total. The highest BCUT2D eigenvalue weighted by atomic mass is 32.2. The quantitative estimate of drug-likeness (QED) is 0.317. The first-order chi connectivity index (χ1) is 7.95. The van der Waals surface area contributed by atoms with Gasteiger partial charge in [0.1, 0.15) is 11.2 Å². The average Bonchev–Trinajstić information content (AvgIpc) is 2.28. The predicted octanol–water partition coefficient (Wildman–Crippen LogP) is -0.0675. The van der Waals surface area contributed by atoms with Gasteiger partial charge in [0.2, 0.25) is 0 Å². The van der Waals surface area contributed by atoms with Gasteiger partial charge in [0.25, 0.3) is 0 Å². The zero-order chi connectivity index (χ0) is 12.9. The number of nitrogens with zero attached hydrogens (tertiary/aromatic N) is 2. The van der Waals surface area contributed by atoms with Crippen molar-refractivity contribution in [2.24, 2.45) is 10.9 Å². The fourth-order valence-electron chi connectivity index (χ4n) is 1.78. The van der Waals surface area contributed by atoms with Gasteiger partial charge in [-0.2, -0.15) is 11.8 Å². The molecule has 1 heterocycles. The van der Waals surface area contributed by atoms with E-state index in [1.54, 1.807) is 11.8 Å². The number of nitrogens with two attached hydrogens (primary N) is 1. The Bertz CT molecular complexity index is 370. The van der Waals surface area contributed by atoms with Crippen LogP contribution < -0.4 is 5.73 Å². The Morgan fingerprint density at radius 2 is 2.35 bits per heavy atom. The minimum Gasteiger partial charge on any atom is -0.409 e. The van der Waals surface area contributed by atoms with Gasteiger partial charge in [-0.25, -0.2) is 8.42 Å². The predicted molar refractivity (Wildman–Crippen MR) is 70.2 cm³/mol. The van der Waals surface area contributed by atoms with Gasteiger partial charge >= 0.3 is 0 Å². The summed E-state index contributed by atoms with van der Waals surface area (Å²) in [5, 5.41) is 10.9. The first-order valence-corrected chi connectivity index (χ1v) is 8.53. The Kier molecular flexibility index (Phi) is 5.54. The molecule has 0 spiro atoms. The lowest BCUT2D eigenvalue weighted by Gasteiger charge is -2.33. The van der Waals surface area contributed by atoms with Crippen LogP contribution in [0.4, 0.5) is 0 Å². The molecule has 8 heteroatoms. The van der Waals surface area contributed by atoms with Crippen LogP contribution in [0.3, 0.4) is 0 Å². The summed E-state index contributed by atoms with van der Waals surface area (Å²) < 4.78 is 23.2. The zero-order valence-electron chi connectivity index (χ0n) is 9.87. The van der Waals surface area contributed by atoms with Crippen molar-refractivity contribution in [2.45, 2.75) is 18.2 Å². The number of hydrogen-bond donors (Lipinski definition) is 2. The second kappa shape index (κ2) is 6.46. The van der Waals surface area contributed by atoms with Gasteiger partial charge in [-0.1, -0.05) is 5.16 Å². The van der Waals surface area contributed by atoms with Gasteiger partial charge in [0.05, 0.1) is 0 Å². The van der Waals surface area contributed by atoms with Gasteiger partial charge in [0.15, 0.2) is 9.84 Å². The standard InChI is InChI=1S/C9H19N3O3S2/c1-17(14,15)9-7-16-6-5-12(9)4-2-3-8(10)11-13/h9,13H,2-7H2,1H3,(H2,10,11). The molecular weight excluding hydrogens is 262 g/mol. The minimum atomic E-state index is -3.04. The lowest BCUT2D eigenvalue weighted by Crippen LogP contribution is -2.47. The van der Waals surface area contributed by atoms with Crippen LogP contribution >= 0.6 is 11.8 Å². The van der Waals surface area contributed by atoms with E-state index < -0.39 is 15.2 Å². The number of sulfone groups is 1. The molecule has 0 aromatic rings. The molecule has 0 aromatic heterocycles. The molecule has 1 aliphatic rings. The smallest absolute Gasteiger partial charge is 0.164 e. The van der Waals surface area contributed by atoms with Crippen molar-refractivity contribution in [3.8, 4) is 0 Å². The van der Waals surface area contributed by atoms with E-state index in [9.17, 15) is 8.42 Å². The summed E-state index contributed by atoms with van der Waals surface area (Å²) in [6.07, 6.45) is 2.46. The van der Waals surface area contributed by atoms with Crippen molar-refractivity contribution in [2.75, 3.05) is 30.9 Å². The molecule has 1 atom stereocenters. The molecule has 0 amide bonds. The normalized spacial score (nSPS) is 23.8. The molecule has 0 aliphatic carbocycles. The van der Waals surface area contributed by atoms with E-state index in [0.717, 1.165) is 12.3 Å². The maximum atomic E-state index is 11.6. The van der Waals surface area contributed by atoms with Gasteiger partial charge in [-0.05, 0) is 13.0 Å². The summed E-state index contributed by atoms with van der Waals surface area (Å²) in [6, 6.07) is 0. The summed E-state index contributed by atoms with van der Waals surface area (Å²) in [5.41, 5.74) is 5.37. The van der Waals surface area contributed by atoms with Crippen molar-refractivity contribution >= 4 is 27.4 Å². The van der Waals surface area contributed by atoms with Crippen LogP contribution in [0, 0.1) is 0 Å². The maximum Gasteiger partial charge on any atom is 0.164 e. The van der Waals surface area contributed by atoms with Gasteiger partial charge < -0.3 is 10.9 Å². The van der Waals surface area contributed by atoms with Crippen molar-refractivity contribution in [3.63, 3.8) is 0 Å². The highest BCUT2D eigenvalue weighted by Crippen LogP contribution is 2.20. The third-order valence-electron chi connectivity index (χ3n) is 2.69. The van der Waals surface area contributed by atoms with E-state index >= 15 is 0 Å². The Morgan fingerprint density at radius 1 is 1.65 bits per heavy atom. The molecule has 0 aromatic carbocycles. The molecule has 1 unspecified atom stereocenters. The van der Waals surface area contributed by atoms with Crippen LogP contribution in [-0.2, 0) is 9.84 Å². The van der Waals surface area contributed by atoms with Crippen molar-refractivity contribution < 1.29 is 13.6 Å². The summed E-state index contributed by atoms with van der Waals surface area (Å²) in [7, 11) is -3.04. The number of hydrogen-bond acceptors (Lipinski definition) is 6. The Hall–Kier alpha value is -0.470. The average molecular weight is 281 g/mol. The number of amidine groups is 1. The minimum absolute atomic E-state index is 0.187. The lowest BCUT2D eigenvalue weighted by molar-refractivity contribution is 0.268. The van der Waals surface area contributed by atoms with E-state index in [1.807, 2.05) is 4.90 Å². The summed E-state index contributed by atoms with van der Waals surface area (Å²) in [6.45, 7) is 1.44. The van der Waals surface area contributed by atoms with Crippen molar-refractivity contribution in [3.05, 3.63) is 0 Å².